The van der Waals surface area contributed by atoms with Gasteiger partial charge in [0.25, 0.3) is 0 Å². The van der Waals surface area contributed by atoms with Gasteiger partial charge in [-0.3, -0.25) is 4.98 Å². The molecule has 0 amide bonds. The second-order valence-electron chi connectivity index (χ2n) is 6.50. The van der Waals surface area contributed by atoms with E-state index in [9.17, 15) is 4.39 Å². The fraction of sp³-hybridized carbons (Fsp3) is 0.389. The molecule has 0 radical (unpaired) electrons. The number of pyridine rings is 1. The summed E-state index contributed by atoms with van der Waals surface area (Å²) >= 11 is 5.98. The average molecular weight is 332 g/mol. The molecule has 120 valence electrons. The summed E-state index contributed by atoms with van der Waals surface area (Å²) in [7, 11) is 0. The predicted molar refractivity (Wildman–Crippen MR) is 90.3 cm³/mol. The summed E-state index contributed by atoms with van der Waals surface area (Å²) in [5.74, 6) is -0.373. The smallest absolute Gasteiger partial charge is 0.141 e. The first-order valence-electron chi connectivity index (χ1n) is 8.03. The van der Waals surface area contributed by atoms with Gasteiger partial charge < -0.3 is 10.2 Å². The monoisotopic (exact) mass is 331 g/mol. The number of benzene rings is 1. The van der Waals surface area contributed by atoms with Crippen molar-refractivity contribution in [2.45, 2.75) is 18.9 Å². The van der Waals surface area contributed by atoms with E-state index >= 15 is 0 Å². The van der Waals surface area contributed by atoms with Gasteiger partial charge in [-0.1, -0.05) is 17.7 Å². The van der Waals surface area contributed by atoms with Crippen LogP contribution < -0.4 is 10.2 Å². The van der Waals surface area contributed by atoms with Crippen molar-refractivity contribution in [2.24, 2.45) is 5.41 Å². The van der Waals surface area contributed by atoms with Crippen molar-refractivity contribution in [1.82, 2.24) is 10.3 Å². The van der Waals surface area contributed by atoms with Gasteiger partial charge in [-0.15, -0.1) is 0 Å². The van der Waals surface area contributed by atoms with Crippen LogP contribution in [0, 0.1) is 11.2 Å². The van der Waals surface area contributed by atoms with Crippen LogP contribution >= 0.6 is 11.6 Å². The SMILES string of the molecule is Fc1ccc(N2CC3(CCNCC3)C2c2ccccn2)cc1Cl. The Hall–Kier alpha value is -1.65. The zero-order chi connectivity index (χ0) is 15.9. The molecule has 2 fully saturated rings. The summed E-state index contributed by atoms with van der Waals surface area (Å²) in [6.07, 6.45) is 4.12. The lowest BCUT2D eigenvalue weighted by molar-refractivity contribution is 0.0793. The van der Waals surface area contributed by atoms with Crippen molar-refractivity contribution < 1.29 is 4.39 Å². The Kier molecular flexibility index (Phi) is 3.74. The van der Waals surface area contributed by atoms with E-state index in [1.165, 1.54) is 6.07 Å². The molecule has 5 heteroatoms. The van der Waals surface area contributed by atoms with Crippen LogP contribution in [0.15, 0.2) is 42.6 Å². The molecule has 2 aliphatic heterocycles. The third-order valence-corrected chi connectivity index (χ3v) is 5.47. The molecule has 0 bridgehead atoms. The van der Waals surface area contributed by atoms with Gasteiger partial charge in [0.05, 0.1) is 16.8 Å². The standard InChI is InChI=1S/C18H19ClFN3/c19-14-11-13(4-5-15(14)20)23-12-18(6-9-21-10-7-18)17(23)16-3-1-2-8-22-16/h1-5,8,11,17,21H,6-7,9-10,12H2. The molecule has 1 aromatic heterocycles. The van der Waals surface area contributed by atoms with Crippen LogP contribution in [0.4, 0.5) is 10.1 Å². The zero-order valence-corrected chi connectivity index (χ0v) is 13.6. The molecule has 23 heavy (non-hydrogen) atoms. The van der Waals surface area contributed by atoms with Crippen molar-refractivity contribution in [1.29, 1.82) is 0 Å². The topological polar surface area (TPSA) is 28.2 Å². The van der Waals surface area contributed by atoms with E-state index < -0.39 is 0 Å². The Labute approximate surface area is 140 Å². The van der Waals surface area contributed by atoms with Crippen LogP contribution in [0.25, 0.3) is 0 Å². The summed E-state index contributed by atoms with van der Waals surface area (Å²) in [4.78, 5) is 6.90. The molecule has 2 aromatic rings. The lowest BCUT2D eigenvalue weighted by Gasteiger charge is -2.60. The Morgan fingerprint density at radius 1 is 1.22 bits per heavy atom. The average Bonchev–Trinajstić information content (AvgIpc) is 2.57. The van der Waals surface area contributed by atoms with Crippen LogP contribution in [0.2, 0.25) is 5.02 Å². The molecule has 0 saturated carbocycles. The number of nitrogens with zero attached hydrogens (tertiary/aromatic N) is 2. The van der Waals surface area contributed by atoms with Crippen molar-refractivity contribution in [2.75, 3.05) is 24.5 Å². The quantitative estimate of drug-likeness (QED) is 0.907. The first-order valence-corrected chi connectivity index (χ1v) is 8.41. The van der Waals surface area contributed by atoms with E-state index in [4.69, 9.17) is 11.6 Å². The number of hydrogen-bond acceptors (Lipinski definition) is 3. The first kappa shape index (κ1) is 14.9. The van der Waals surface area contributed by atoms with E-state index in [-0.39, 0.29) is 22.3 Å². The van der Waals surface area contributed by atoms with Gasteiger partial charge in [-0.25, -0.2) is 4.39 Å². The minimum absolute atomic E-state index is 0.175. The highest BCUT2D eigenvalue weighted by molar-refractivity contribution is 6.31. The predicted octanol–water partition coefficient (Wildman–Crippen LogP) is 3.81. The molecule has 1 unspecified atom stereocenters. The first-order chi connectivity index (χ1) is 11.2. The van der Waals surface area contributed by atoms with Crippen LogP contribution in [0.3, 0.4) is 0 Å². The van der Waals surface area contributed by atoms with Crippen molar-refractivity contribution in [3.8, 4) is 0 Å². The van der Waals surface area contributed by atoms with Gasteiger partial charge in [0.15, 0.2) is 0 Å². The van der Waals surface area contributed by atoms with Crippen LogP contribution in [-0.2, 0) is 0 Å². The molecular weight excluding hydrogens is 313 g/mol. The van der Waals surface area contributed by atoms with Crippen molar-refractivity contribution in [3.05, 3.63) is 59.1 Å². The zero-order valence-electron chi connectivity index (χ0n) is 12.8. The van der Waals surface area contributed by atoms with E-state index in [0.717, 1.165) is 43.9 Å². The molecule has 0 aliphatic carbocycles. The maximum Gasteiger partial charge on any atom is 0.141 e. The summed E-state index contributed by atoms with van der Waals surface area (Å²) in [6, 6.07) is 11.3. The maximum absolute atomic E-state index is 13.5. The van der Waals surface area contributed by atoms with E-state index in [1.807, 2.05) is 24.4 Å². The number of piperidine rings is 1. The molecule has 2 saturated heterocycles. The highest BCUT2D eigenvalue weighted by Gasteiger charge is 2.53. The number of rotatable bonds is 2. The van der Waals surface area contributed by atoms with E-state index in [2.05, 4.69) is 21.3 Å². The molecule has 2 aliphatic rings. The Bertz CT molecular complexity index is 701. The largest absolute Gasteiger partial charge is 0.362 e. The number of aromatic nitrogens is 1. The van der Waals surface area contributed by atoms with Crippen molar-refractivity contribution >= 4 is 17.3 Å². The maximum atomic E-state index is 13.5. The fourth-order valence-electron chi connectivity index (χ4n) is 4.01. The second-order valence-corrected chi connectivity index (χ2v) is 6.90. The van der Waals surface area contributed by atoms with Gasteiger partial charge in [0, 0.05) is 23.8 Å². The van der Waals surface area contributed by atoms with E-state index in [0.29, 0.717) is 0 Å². The Balaban J connectivity index is 1.71. The highest BCUT2D eigenvalue weighted by atomic mass is 35.5. The van der Waals surface area contributed by atoms with Crippen LogP contribution in [0.1, 0.15) is 24.6 Å². The molecule has 1 spiro atoms. The second kappa shape index (κ2) is 5.77. The number of nitrogens with one attached hydrogen (secondary N) is 1. The number of anilines is 1. The van der Waals surface area contributed by atoms with Crippen molar-refractivity contribution in [3.63, 3.8) is 0 Å². The summed E-state index contributed by atoms with van der Waals surface area (Å²) in [6.45, 7) is 3.06. The number of hydrogen-bond donors (Lipinski definition) is 1. The summed E-state index contributed by atoms with van der Waals surface area (Å²) in [5, 5.41) is 3.62. The van der Waals surface area contributed by atoms with Gasteiger partial charge in [0.2, 0.25) is 0 Å². The lowest BCUT2D eigenvalue weighted by atomic mass is 9.64. The van der Waals surface area contributed by atoms with Gasteiger partial charge in [-0.2, -0.15) is 0 Å². The molecule has 1 aromatic carbocycles. The minimum Gasteiger partial charge on any atom is -0.362 e. The van der Waals surface area contributed by atoms with Crippen LogP contribution in [0.5, 0.6) is 0 Å². The molecule has 3 heterocycles. The third kappa shape index (κ3) is 2.50. The van der Waals surface area contributed by atoms with Gasteiger partial charge in [-0.05, 0) is 56.3 Å². The molecule has 4 rings (SSSR count). The van der Waals surface area contributed by atoms with Gasteiger partial charge in [0.1, 0.15) is 5.82 Å². The lowest BCUT2D eigenvalue weighted by Crippen LogP contribution is -2.62. The van der Waals surface area contributed by atoms with E-state index in [1.54, 1.807) is 6.07 Å². The fourth-order valence-corrected chi connectivity index (χ4v) is 4.18. The Morgan fingerprint density at radius 3 is 2.74 bits per heavy atom. The normalized spacial score (nSPS) is 22.9. The number of halogens is 2. The minimum atomic E-state index is -0.373. The Morgan fingerprint density at radius 2 is 2.04 bits per heavy atom. The highest BCUT2D eigenvalue weighted by Crippen LogP contribution is 2.55. The molecular formula is C18H19ClFN3. The summed E-state index contributed by atoms with van der Waals surface area (Å²) in [5.41, 5.74) is 2.30. The van der Waals surface area contributed by atoms with Gasteiger partial charge >= 0.3 is 0 Å². The molecule has 1 N–H and O–H groups in total. The summed E-state index contributed by atoms with van der Waals surface area (Å²) < 4.78 is 13.5. The third-order valence-electron chi connectivity index (χ3n) is 5.18. The van der Waals surface area contributed by atoms with Crippen LogP contribution in [-0.4, -0.2) is 24.6 Å². The molecule has 1 atom stereocenters. The molecule has 3 nitrogen and oxygen atoms in total.